The molecule has 0 aromatic carbocycles. The summed E-state index contributed by atoms with van der Waals surface area (Å²) in [6.45, 7) is 10.3. The van der Waals surface area contributed by atoms with E-state index in [9.17, 15) is 4.79 Å². The number of rotatable bonds is 6. The molecule has 3 fully saturated rings. The van der Waals surface area contributed by atoms with Crippen molar-refractivity contribution >= 4 is 30.7 Å². The molecule has 2 aliphatic heterocycles. The fraction of sp³-hybridized carbons (Fsp3) is 0.944. The molecule has 2 heterocycles. The van der Waals surface area contributed by atoms with Gasteiger partial charge in [-0.25, -0.2) is 0 Å². The molecule has 7 heteroatoms. The molecule has 0 bridgehead atoms. The Balaban J connectivity index is 0.00000156. The molecule has 1 aliphatic carbocycles. The first-order chi connectivity index (χ1) is 11.1. The number of likely N-dealkylation sites (tertiary alicyclic amines) is 1. The molecule has 148 valence electrons. The number of nitrogens with one attached hydrogen (secondary N) is 2. The summed E-state index contributed by atoms with van der Waals surface area (Å²) in [4.78, 5) is 15.0. The van der Waals surface area contributed by atoms with Crippen molar-refractivity contribution in [1.82, 2.24) is 15.5 Å². The van der Waals surface area contributed by atoms with Crippen LogP contribution in [0, 0.1) is 11.3 Å². The number of hydrogen-bond donors (Lipinski definition) is 2. The second kappa shape index (κ2) is 10.3. The summed E-state index contributed by atoms with van der Waals surface area (Å²) in [5.74, 6) is 0.621. The lowest BCUT2D eigenvalue weighted by atomic mass is 9.91. The number of nitrogens with zero attached hydrogens (tertiary/aromatic N) is 1. The highest BCUT2D eigenvalue weighted by Gasteiger charge is 2.57. The summed E-state index contributed by atoms with van der Waals surface area (Å²) < 4.78 is 5.62. The highest BCUT2D eigenvalue weighted by Crippen LogP contribution is 2.58. The largest absolute Gasteiger partial charge is 0.377 e. The Labute approximate surface area is 164 Å². The van der Waals surface area contributed by atoms with E-state index in [0.717, 1.165) is 58.6 Å². The SMILES string of the molecule is CC(C)OCCN1CCC(NC(=O)C2CC23CCNCC3)CC1.Cl.Cl. The van der Waals surface area contributed by atoms with Crippen LogP contribution in [0.2, 0.25) is 0 Å². The number of hydrogen-bond acceptors (Lipinski definition) is 4. The highest BCUT2D eigenvalue weighted by molar-refractivity contribution is 5.85. The molecule has 1 spiro atoms. The van der Waals surface area contributed by atoms with Gasteiger partial charge in [0.25, 0.3) is 0 Å². The van der Waals surface area contributed by atoms with Gasteiger partial charge in [-0.15, -0.1) is 24.8 Å². The van der Waals surface area contributed by atoms with E-state index in [1.807, 2.05) is 0 Å². The molecule has 0 aromatic rings. The third-order valence-electron chi connectivity index (χ3n) is 5.90. The van der Waals surface area contributed by atoms with Crippen molar-refractivity contribution in [3.8, 4) is 0 Å². The minimum atomic E-state index is 0. The lowest BCUT2D eigenvalue weighted by Gasteiger charge is -2.32. The minimum absolute atomic E-state index is 0. The Morgan fingerprint density at radius 2 is 1.88 bits per heavy atom. The summed E-state index contributed by atoms with van der Waals surface area (Å²) in [7, 11) is 0. The normalized spacial score (nSPS) is 26.0. The predicted octanol–water partition coefficient (Wildman–Crippen LogP) is 2.23. The zero-order chi connectivity index (χ0) is 16.3. The smallest absolute Gasteiger partial charge is 0.223 e. The van der Waals surface area contributed by atoms with E-state index >= 15 is 0 Å². The number of piperidine rings is 2. The number of amides is 1. The molecule has 1 saturated carbocycles. The van der Waals surface area contributed by atoms with Crippen molar-refractivity contribution in [1.29, 1.82) is 0 Å². The maximum Gasteiger partial charge on any atom is 0.223 e. The van der Waals surface area contributed by atoms with Crippen molar-refractivity contribution in [2.45, 2.75) is 58.1 Å². The zero-order valence-electron chi connectivity index (χ0n) is 15.6. The van der Waals surface area contributed by atoms with Gasteiger partial charge in [0.05, 0.1) is 12.7 Å². The van der Waals surface area contributed by atoms with E-state index in [0.29, 0.717) is 29.4 Å². The topological polar surface area (TPSA) is 53.6 Å². The van der Waals surface area contributed by atoms with Crippen molar-refractivity contribution in [2.24, 2.45) is 11.3 Å². The molecule has 2 N–H and O–H groups in total. The van der Waals surface area contributed by atoms with Gasteiger partial charge in [0, 0.05) is 31.6 Å². The lowest BCUT2D eigenvalue weighted by Crippen LogP contribution is -2.46. The summed E-state index contributed by atoms with van der Waals surface area (Å²) in [5.41, 5.74) is 0.351. The van der Waals surface area contributed by atoms with Crippen LogP contribution in [0.3, 0.4) is 0 Å². The third kappa shape index (κ3) is 6.24. The monoisotopic (exact) mass is 395 g/mol. The van der Waals surface area contributed by atoms with Gasteiger partial charge in [-0.3, -0.25) is 4.79 Å². The van der Waals surface area contributed by atoms with Crippen LogP contribution in [-0.4, -0.2) is 62.3 Å². The molecule has 3 aliphatic rings. The predicted molar refractivity (Wildman–Crippen MR) is 106 cm³/mol. The molecule has 1 unspecified atom stereocenters. The van der Waals surface area contributed by atoms with Crippen LogP contribution in [0.4, 0.5) is 0 Å². The number of carbonyl (C=O) groups is 1. The van der Waals surface area contributed by atoms with Crippen LogP contribution < -0.4 is 10.6 Å². The Morgan fingerprint density at radius 3 is 2.48 bits per heavy atom. The van der Waals surface area contributed by atoms with Crippen molar-refractivity contribution in [3.05, 3.63) is 0 Å². The van der Waals surface area contributed by atoms with E-state index in [4.69, 9.17) is 4.74 Å². The lowest BCUT2D eigenvalue weighted by molar-refractivity contribution is -0.124. The zero-order valence-corrected chi connectivity index (χ0v) is 17.2. The van der Waals surface area contributed by atoms with Crippen molar-refractivity contribution in [3.63, 3.8) is 0 Å². The Hall–Kier alpha value is -0.0700. The highest BCUT2D eigenvalue weighted by atomic mass is 35.5. The van der Waals surface area contributed by atoms with E-state index < -0.39 is 0 Å². The van der Waals surface area contributed by atoms with Gasteiger partial charge in [0.15, 0.2) is 0 Å². The quantitative estimate of drug-likeness (QED) is 0.723. The van der Waals surface area contributed by atoms with E-state index in [1.165, 1.54) is 12.8 Å². The second-order valence-corrected chi connectivity index (χ2v) is 7.91. The van der Waals surface area contributed by atoms with Gasteiger partial charge in [-0.05, 0) is 64.5 Å². The molecule has 1 atom stereocenters. The maximum absolute atomic E-state index is 12.5. The average Bonchev–Trinajstić information content (AvgIpc) is 3.23. The van der Waals surface area contributed by atoms with Gasteiger partial charge < -0.3 is 20.3 Å². The molecule has 3 rings (SSSR count). The fourth-order valence-electron chi connectivity index (χ4n) is 4.22. The number of carbonyl (C=O) groups excluding carboxylic acids is 1. The third-order valence-corrected chi connectivity index (χ3v) is 5.90. The number of halogens is 2. The van der Waals surface area contributed by atoms with Gasteiger partial charge in [-0.2, -0.15) is 0 Å². The first-order valence-corrected chi connectivity index (χ1v) is 9.44. The molecule has 0 aromatic heterocycles. The fourth-order valence-corrected chi connectivity index (χ4v) is 4.22. The summed E-state index contributed by atoms with van der Waals surface area (Å²) in [5, 5.41) is 6.73. The van der Waals surface area contributed by atoms with E-state index in [2.05, 4.69) is 29.4 Å². The average molecular weight is 396 g/mol. The maximum atomic E-state index is 12.5. The van der Waals surface area contributed by atoms with Gasteiger partial charge in [0.2, 0.25) is 5.91 Å². The Kier molecular flexibility index (Phi) is 9.47. The molecule has 25 heavy (non-hydrogen) atoms. The second-order valence-electron chi connectivity index (χ2n) is 7.91. The van der Waals surface area contributed by atoms with Crippen molar-refractivity contribution < 1.29 is 9.53 Å². The Bertz CT molecular complexity index is 409. The minimum Gasteiger partial charge on any atom is -0.377 e. The standard InChI is InChI=1S/C18H33N3O2.2ClH/c1-14(2)23-12-11-21-9-3-15(4-10-21)20-17(22)16-13-18(16)5-7-19-8-6-18;;/h14-16,19H,3-13H2,1-2H3,(H,20,22);2*1H. The van der Waals surface area contributed by atoms with E-state index in [1.54, 1.807) is 0 Å². The number of ether oxygens (including phenoxy) is 1. The summed E-state index contributed by atoms with van der Waals surface area (Å²) >= 11 is 0. The van der Waals surface area contributed by atoms with Crippen LogP contribution in [0.25, 0.3) is 0 Å². The molecular formula is C18H35Cl2N3O2. The first-order valence-electron chi connectivity index (χ1n) is 9.44. The van der Waals surface area contributed by atoms with Gasteiger partial charge >= 0.3 is 0 Å². The summed E-state index contributed by atoms with van der Waals surface area (Å²) in [6.07, 6.45) is 5.95. The molecule has 2 saturated heterocycles. The van der Waals surface area contributed by atoms with Crippen LogP contribution >= 0.6 is 24.8 Å². The first kappa shape index (κ1) is 23.0. The van der Waals surface area contributed by atoms with Crippen LogP contribution in [0.1, 0.15) is 46.0 Å². The molecule has 1 amide bonds. The van der Waals surface area contributed by atoms with Crippen LogP contribution in [0.15, 0.2) is 0 Å². The van der Waals surface area contributed by atoms with Crippen molar-refractivity contribution in [2.75, 3.05) is 39.3 Å². The molecule has 0 radical (unpaired) electrons. The molecular weight excluding hydrogens is 361 g/mol. The van der Waals surface area contributed by atoms with Gasteiger partial charge in [-0.1, -0.05) is 0 Å². The van der Waals surface area contributed by atoms with Crippen LogP contribution in [-0.2, 0) is 9.53 Å². The molecule has 5 nitrogen and oxygen atoms in total. The Morgan fingerprint density at radius 1 is 1.24 bits per heavy atom. The van der Waals surface area contributed by atoms with Gasteiger partial charge in [0.1, 0.15) is 0 Å². The van der Waals surface area contributed by atoms with Crippen LogP contribution in [0.5, 0.6) is 0 Å². The summed E-state index contributed by atoms with van der Waals surface area (Å²) in [6, 6.07) is 0.379. The van der Waals surface area contributed by atoms with E-state index in [-0.39, 0.29) is 24.8 Å².